The topological polar surface area (TPSA) is 64.9 Å². The largest absolute Gasteiger partial charge is 0.270 e. The van der Waals surface area contributed by atoms with E-state index >= 15 is 0 Å². The predicted molar refractivity (Wildman–Crippen MR) is 42.7 cm³/mol. The molecule has 0 bridgehead atoms. The van der Waals surface area contributed by atoms with Crippen LogP contribution in [0.4, 0.5) is 0 Å². The fourth-order valence-corrected chi connectivity index (χ4v) is 0.746. The van der Waals surface area contributed by atoms with Crippen molar-refractivity contribution < 1.29 is 4.79 Å². The van der Waals surface area contributed by atoms with Crippen LogP contribution in [-0.2, 0) is 0 Å². The minimum Gasteiger partial charge on any atom is -0.267 e. The summed E-state index contributed by atoms with van der Waals surface area (Å²) in [6.45, 7) is 0. The highest BCUT2D eigenvalue weighted by atomic mass is 16.2. The summed E-state index contributed by atoms with van der Waals surface area (Å²) >= 11 is 0. The molecule has 12 heavy (non-hydrogen) atoms. The van der Waals surface area contributed by atoms with Gasteiger partial charge in [-0.05, 0) is 12.1 Å². The van der Waals surface area contributed by atoms with Gasteiger partial charge in [-0.15, -0.1) is 0 Å². The van der Waals surface area contributed by atoms with E-state index in [1.165, 1.54) is 0 Å². The first-order valence-corrected chi connectivity index (χ1v) is 3.34. The van der Waals surface area contributed by atoms with Crippen LogP contribution in [0.15, 0.2) is 30.3 Å². The first kappa shape index (κ1) is 8.08. The molecule has 60 valence electrons. The Morgan fingerprint density at radius 1 is 1.33 bits per heavy atom. The van der Waals surface area contributed by atoms with Crippen LogP contribution in [0.25, 0.3) is 0 Å². The van der Waals surface area contributed by atoms with Gasteiger partial charge in [0.1, 0.15) is 0 Å². The SMILES string of the molecule is N#CNNC(=O)c1ccccc1. The molecule has 4 nitrogen and oxygen atoms in total. The van der Waals surface area contributed by atoms with Crippen molar-refractivity contribution >= 4 is 5.91 Å². The highest BCUT2D eigenvalue weighted by molar-refractivity contribution is 5.93. The summed E-state index contributed by atoms with van der Waals surface area (Å²) < 4.78 is 0. The predicted octanol–water partition coefficient (Wildman–Crippen LogP) is 0.402. The summed E-state index contributed by atoms with van der Waals surface area (Å²) in [7, 11) is 0. The van der Waals surface area contributed by atoms with Crippen LogP contribution >= 0.6 is 0 Å². The maximum absolute atomic E-state index is 11.1. The maximum atomic E-state index is 11.1. The van der Waals surface area contributed by atoms with E-state index in [4.69, 9.17) is 5.26 Å². The molecule has 0 aliphatic heterocycles. The molecular weight excluding hydrogens is 154 g/mol. The molecule has 0 unspecified atom stereocenters. The lowest BCUT2D eigenvalue weighted by Crippen LogP contribution is -2.33. The van der Waals surface area contributed by atoms with Gasteiger partial charge in [-0.1, -0.05) is 18.2 Å². The molecule has 2 N–H and O–H groups in total. The Bertz CT molecular complexity index is 302. The van der Waals surface area contributed by atoms with Crippen molar-refractivity contribution in [2.75, 3.05) is 0 Å². The zero-order valence-electron chi connectivity index (χ0n) is 6.24. The van der Waals surface area contributed by atoms with Gasteiger partial charge in [-0.25, -0.2) is 5.43 Å². The van der Waals surface area contributed by atoms with E-state index in [1.54, 1.807) is 30.5 Å². The molecule has 0 fully saturated rings. The number of hydrazine groups is 1. The number of carbonyl (C=O) groups is 1. The zero-order chi connectivity index (χ0) is 8.81. The summed E-state index contributed by atoms with van der Waals surface area (Å²) in [6.07, 6.45) is 1.59. The Balaban J connectivity index is 2.61. The summed E-state index contributed by atoms with van der Waals surface area (Å²) in [5.74, 6) is -0.322. The fraction of sp³-hybridized carbons (Fsp3) is 0. The van der Waals surface area contributed by atoms with Crippen LogP contribution in [0.3, 0.4) is 0 Å². The molecule has 0 saturated heterocycles. The molecule has 0 aliphatic rings. The van der Waals surface area contributed by atoms with Crippen molar-refractivity contribution in [1.82, 2.24) is 10.9 Å². The Hall–Kier alpha value is -2.02. The first-order chi connectivity index (χ1) is 5.84. The second-order valence-electron chi connectivity index (χ2n) is 2.06. The minimum atomic E-state index is -0.322. The van der Waals surface area contributed by atoms with Crippen molar-refractivity contribution in [2.45, 2.75) is 0 Å². The number of benzene rings is 1. The third kappa shape index (κ3) is 1.99. The van der Waals surface area contributed by atoms with Gasteiger partial charge in [0.15, 0.2) is 6.19 Å². The molecule has 4 heteroatoms. The molecule has 1 aromatic rings. The lowest BCUT2D eigenvalue weighted by Gasteiger charge is -1.99. The van der Waals surface area contributed by atoms with Crippen molar-refractivity contribution in [3.8, 4) is 6.19 Å². The molecule has 0 aromatic heterocycles. The Morgan fingerprint density at radius 2 is 2.00 bits per heavy atom. The van der Waals surface area contributed by atoms with Gasteiger partial charge in [0.05, 0.1) is 0 Å². The summed E-state index contributed by atoms with van der Waals surface area (Å²) in [4.78, 5) is 11.1. The Morgan fingerprint density at radius 3 is 2.58 bits per heavy atom. The van der Waals surface area contributed by atoms with Crippen molar-refractivity contribution in [3.63, 3.8) is 0 Å². The van der Waals surface area contributed by atoms with Crippen LogP contribution in [0, 0.1) is 11.5 Å². The summed E-state index contributed by atoms with van der Waals surface area (Å²) in [5.41, 5.74) is 4.77. The van der Waals surface area contributed by atoms with Crippen molar-refractivity contribution in [3.05, 3.63) is 35.9 Å². The molecule has 1 amide bonds. The maximum Gasteiger partial charge on any atom is 0.270 e. The quantitative estimate of drug-likeness (QED) is 0.375. The molecule has 0 spiro atoms. The highest BCUT2D eigenvalue weighted by Crippen LogP contribution is 1.96. The second-order valence-corrected chi connectivity index (χ2v) is 2.06. The van der Waals surface area contributed by atoms with E-state index in [1.807, 2.05) is 6.07 Å². The Labute approximate surface area is 69.8 Å². The highest BCUT2D eigenvalue weighted by Gasteiger charge is 2.00. The standard InChI is InChI=1S/C8H7N3O/c9-6-10-11-8(12)7-4-2-1-3-5-7/h1-5,10H,(H,11,12). The number of rotatable bonds is 2. The molecule has 0 radical (unpaired) electrons. The fourth-order valence-electron chi connectivity index (χ4n) is 0.746. The van der Waals surface area contributed by atoms with Crippen LogP contribution < -0.4 is 10.9 Å². The van der Waals surface area contributed by atoms with Crippen molar-refractivity contribution in [1.29, 1.82) is 5.26 Å². The number of carbonyl (C=O) groups excluding carboxylic acids is 1. The zero-order valence-corrected chi connectivity index (χ0v) is 6.24. The molecular formula is C8H7N3O. The number of hydrogen-bond acceptors (Lipinski definition) is 3. The van der Waals surface area contributed by atoms with E-state index in [9.17, 15) is 4.79 Å². The monoisotopic (exact) mass is 161 g/mol. The number of nitriles is 1. The van der Waals surface area contributed by atoms with Gasteiger partial charge < -0.3 is 0 Å². The number of nitrogens with zero attached hydrogens (tertiary/aromatic N) is 1. The molecule has 1 aromatic carbocycles. The van der Waals surface area contributed by atoms with E-state index in [2.05, 4.69) is 10.9 Å². The molecule has 0 aliphatic carbocycles. The van der Waals surface area contributed by atoms with Crippen molar-refractivity contribution in [2.24, 2.45) is 0 Å². The third-order valence-electron chi connectivity index (χ3n) is 1.27. The van der Waals surface area contributed by atoms with Gasteiger partial charge in [0.2, 0.25) is 0 Å². The summed E-state index contributed by atoms with van der Waals surface area (Å²) in [6, 6.07) is 8.64. The van der Waals surface area contributed by atoms with Gasteiger partial charge in [0, 0.05) is 5.56 Å². The van der Waals surface area contributed by atoms with Crippen LogP contribution in [0.1, 0.15) is 10.4 Å². The molecule has 0 atom stereocenters. The first-order valence-electron chi connectivity index (χ1n) is 3.34. The number of nitrogens with one attached hydrogen (secondary N) is 2. The smallest absolute Gasteiger partial charge is 0.267 e. The van der Waals surface area contributed by atoms with Gasteiger partial charge in [-0.2, -0.15) is 5.26 Å². The third-order valence-corrected chi connectivity index (χ3v) is 1.27. The van der Waals surface area contributed by atoms with Gasteiger partial charge in [0.25, 0.3) is 5.91 Å². The molecule has 0 heterocycles. The van der Waals surface area contributed by atoms with E-state index in [-0.39, 0.29) is 5.91 Å². The summed E-state index contributed by atoms with van der Waals surface area (Å²) in [5, 5.41) is 8.09. The minimum absolute atomic E-state index is 0.322. The van der Waals surface area contributed by atoms with E-state index in [0.29, 0.717) is 5.56 Å². The van der Waals surface area contributed by atoms with Crippen LogP contribution in [0.2, 0.25) is 0 Å². The molecule has 1 rings (SSSR count). The average molecular weight is 161 g/mol. The van der Waals surface area contributed by atoms with E-state index < -0.39 is 0 Å². The average Bonchev–Trinajstić information content (AvgIpc) is 2.15. The normalized spacial score (nSPS) is 8.25. The number of amides is 1. The van der Waals surface area contributed by atoms with Crippen LogP contribution in [-0.4, -0.2) is 5.91 Å². The lowest BCUT2D eigenvalue weighted by molar-refractivity contribution is 0.0942. The van der Waals surface area contributed by atoms with Crippen LogP contribution in [0.5, 0.6) is 0 Å². The Kier molecular flexibility index (Phi) is 2.68. The number of hydrogen-bond donors (Lipinski definition) is 2. The van der Waals surface area contributed by atoms with Gasteiger partial charge in [-0.3, -0.25) is 10.2 Å². The lowest BCUT2D eigenvalue weighted by atomic mass is 10.2. The molecule has 0 saturated carbocycles. The van der Waals surface area contributed by atoms with Gasteiger partial charge >= 0.3 is 0 Å². The van der Waals surface area contributed by atoms with E-state index in [0.717, 1.165) is 0 Å². The second kappa shape index (κ2) is 3.98.